The fourth-order valence-electron chi connectivity index (χ4n) is 0.766. The van der Waals surface area contributed by atoms with Gasteiger partial charge >= 0.3 is 58.4 Å². The molecule has 1 N–H and O–H groups in total. The summed E-state index contributed by atoms with van der Waals surface area (Å²) < 4.78 is 34.7. The molecule has 0 rings (SSSR count). The Bertz CT molecular complexity index is 99.3. The normalized spacial score (nSPS) is 11.0. The summed E-state index contributed by atoms with van der Waals surface area (Å²) in [6.45, 7) is -2.13. The van der Waals surface area contributed by atoms with Crippen LogP contribution in [-0.4, -0.2) is 20.0 Å². The van der Waals surface area contributed by atoms with Gasteiger partial charge in [-0.25, -0.2) is 0 Å². The Balaban J connectivity index is 0. The molecule has 0 atom stereocenters. The number of nitrogens with one attached hydrogen (secondary N) is 1. The Morgan fingerprint density at radius 3 is 2.17 bits per heavy atom. The van der Waals surface area contributed by atoms with Crippen molar-refractivity contribution in [3.8, 4) is 0 Å². The predicted octanol–water partition coefficient (Wildman–Crippen LogP) is -0.843. The number of halogens is 3. The van der Waals surface area contributed by atoms with Gasteiger partial charge in [-0.2, -0.15) is 0 Å². The number of unbranched alkanes of at least 4 members (excludes halogenated alkanes) is 2. The first-order chi connectivity index (χ1) is 5.06. The van der Waals surface area contributed by atoms with Crippen molar-refractivity contribution in [2.24, 2.45) is 0 Å². The zero-order chi connectivity index (χ0) is 8.74. The van der Waals surface area contributed by atoms with E-state index in [1.165, 1.54) is 0 Å². The maximum atomic E-state index is 11.6. The van der Waals surface area contributed by atoms with Crippen LogP contribution in [0, 0.1) is 0 Å². The molecule has 0 heterocycles. The van der Waals surface area contributed by atoms with Crippen molar-refractivity contribution in [3.63, 3.8) is 0 Å². The molecule has 0 aliphatic rings. The van der Waals surface area contributed by atoms with Crippen LogP contribution in [0.1, 0.15) is 26.2 Å². The van der Waals surface area contributed by atoms with Gasteiger partial charge < -0.3 is 18.3 Å². The van der Waals surface area contributed by atoms with Crippen molar-refractivity contribution in [2.75, 3.05) is 13.0 Å². The summed E-state index contributed by atoms with van der Waals surface area (Å²) in [6.07, 6.45) is 2.07. The molecule has 0 amide bonds. The van der Waals surface area contributed by atoms with Crippen LogP contribution in [0.2, 0.25) is 0 Å². The van der Waals surface area contributed by atoms with E-state index in [1.54, 1.807) is 0 Å². The second kappa shape index (κ2) is 9.02. The van der Waals surface area contributed by atoms with E-state index in [-0.39, 0.29) is 51.4 Å². The summed E-state index contributed by atoms with van der Waals surface area (Å²) in [5.74, 6) is 0. The minimum absolute atomic E-state index is 0. The topological polar surface area (TPSA) is 12.0 Å². The molecule has 68 valence electrons. The van der Waals surface area contributed by atoms with Crippen molar-refractivity contribution in [2.45, 2.75) is 26.2 Å². The van der Waals surface area contributed by atoms with Crippen LogP contribution in [0.15, 0.2) is 0 Å². The Morgan fingerprint density at radius 2 is 1.75 bits per heavy atom. The molecule has 0 bridgehead atoms. The molecule has 6 heteroatoms. The average molecular weight is 207 g/mol. The van der Waals surface area contributed by atoms with Gasteiger partial charge in [0.1, 0.15) is 0 Å². The van der Waals surface area contributed by atoms with Gasteiger partial charge in [0.05, 0.1) is 0 Å². The van der Waals surface area contributed by atoms with Gasteiger partial charge in [0.15, 0.2) is 0 Å². The second-order valence-corrected chi connectivity index (χ2v) is 2.62. The summed E-state index contributed by atoms with van der Waals surface area (Å²) in [6, 6.07) is 0. The third-order valence-corrected chi connectivity index (χ3v) is 1.33. The molecule has 0 aliphatic carbocycles. The molecule has 0 spiro atoms. The Hall–Kier alpha value is 1.45. The van der Waals surface area contributed by atoms with E-state index in [0.29, 0.717) is 6.54 Å². The summed E-state index contributed by atoms with van der Waals surface area (Å²) >= 11 is 0. The smallest absolute Gasteiger partial charge is 0.448 e. The first-order valence-electron chi connectivity index (χ1n) is 3.98. The Labute approximate surface area is 114 Å². The van der Waals surface area contributed by atoms with Crippen molar-refractivity contribution < 1.29 is 64.3 Å². The first kappa shape index (κ1) is 15.9. The molecule has 0 fully saturated rings. The van der Waals surface area contributed by atoms with E-state index in [4.69, 9.17) is 0 Å². The number of hydrogen-bond donors (Lipinski definition) is 1. The van der Waals surface area contributed by atoms with Crippen LogP contribution in [0.3, 0.4) is 0 Å². The summed E-state index contributed by atoms with van der Waals surface area (Å²) in [5, 5.41) is 2.36. The van der Waals surface area contributed by atoms with Gasteiger partial charge in [0.25, 0.3) is 0 Å². The van der Waals surface area contributed by atoms with Crippen LogP contribution in [0.4, 0.5) is 12.9 Å². The summed E-state index contributed by atoms with van der Waals surface area (Å²) in [5.41, 5.74) is 0. The maximum Gasteiger partial charge on any atom is 1.00 e. The molecule has 0 saturated heterocycles. The second-order valence-electron chi connectivity index (χ2n) is 2.62. The number of rotatable bonds is 6. The van der Waals surface area contributed by atoms with Crippen molar-refractivity contribution >= 4 is 6.98 Å². The van der Waals surface area contributed by atoms with Crippen LogP contribution in [0.5, 0.6) is 0 Å². The van der Waals surface area contributed by atoms with Gasteiger partial charge in [-0.05, 0) is 19.4 Å². The van der Waals surface area contributed by atoms with Crippen molar-refractivity contribution in [1.82, 2.24) is 5.32 Å². The quantitative estimate of drug-likeness (QED) is 0.442. The molecular formula is C6H14BF3KN. The molecule has 0 aromatic rings. The van der Waals surface area contributed by atoms with Gasteiger partial charge in [0.2, 0.25) is 0 Å². The Morgan fingerprint density at radius 1 is 1.17 bits per heavy atom. The zero-order valence-electron chi connectivity index (χ0n) is 7.75. The zero-order valence-corrected chi connectivity index (χ0v) is 10.9. The van der Waals surface area contributed by atoms with Gasteiger partial charge in [0, 0.05) is 0 Å². The third kappa shape index (κ3) is 14.0. The largest absolute Gasteiger partial charge is 1.00 e. The van der Waals surface area contributed by atoms with E-state index >= 15 is 0 Å². The summed E-state index contributed by atoms with van der Waals surface area (Å²) in [4.78, 5) is 0. The van der Waals surface area contributed by atoms with E-state index in [9.17, 15) is 12.9 Å². The molecule has 0 aromatic carbocycles. The van der Waals surface area contributed by atoms with E-state index in [2.05, 4.69) is 5.32 Å². The monoisotopic (exact) mass is 207 g/mol. The SMILES string of the molecule is CCCCCNC[B-](F)(F)F.[K+]. The van der Waals surface area contributed by atoms with E-state index < -0.39 is 13.4 Å². The average Bonchev–Trinajstić information content (AvgIpc) is 1.85. The molecular weight excluding hydrogens is 193 g/mol. The maximum absolute atomic E-state index is 11.6. The molecule has 0 aromatic heterocycles. The van der Waals surface area contributed by atoms with Gasteiger partial charge in [-0.1, -0.05) is 19.8 Å². The van der Waals surface area contributed by atoms with Crippen LogP contribution in [-0.2, 0) is 0 Å². The predicted molar refractivity (Wildman–Crippen MR) is 41.5 cm³/mol. The third-order valence-electron chi connectivity index (χ3n) is 1.33. The van der Waals surface area contributed by atoms with Crippen LogP contribution >= 0.6 is 0 Å². The molecule has 0 saturated carbocycles. The standard InChI is InChI=1S/C6H14BF3N.K/c1-2-3-4-5-11-6-7(8,9)10;/h11H,2-6H2,1H3;/q-1;+1. The van der Waals surface area contributed by atoms with Crippen molar-refractivity contribution in [3.05, 3.63) is 0 Å². The Kier molecular flexibility index (Phi) is 12.0. The van der Waals surface area contributed by atoms with Gasteiger partial charge in [-0.3, -0.25) is 0 Å². The van der Waals surface area contributed by atoms with Crippen LogP contribution < -0.4 is 56.7 Å². The van der Waals surface area contributed by atoms with E-state index in [0.717, 1.165) is 19.3 Å². The molecule has 1 nitrogen and oxygen atoms in total. The minimum Gasteiger partial charge on any atom is -0.448 e. The van der Waals surface area contributed by atoms with Gasteiger partial charge in [-0.15, -0.1) is 0 Å². The fourth-order valence-corrected chi connectivity index (χ4v) is 0.766. The molecule has 0 aliphatic heterocycles. The molecule has 12 heavy (non-hydrogen) atoms. The van der Waals surface area contributed by atoms with E-state index in [1.807, 2.05) is 6.92 Å². The number of hydrogen-bond acceptors (Lipinski definition) is 1. The molecule has 0 unspecified atom stereocenters. The fraction of sp³-hybridized carbons (Fsp3) is 1.00. The minimum atomic E-state index is -4.63. The first-order valence-corrected chi connectivity index (χ1v) is 3.98. The van der Waals surface area contributed by atoms with Crippen LogP contribution in [0.25, 0.3) is 0 Å². The summed E-state index contributed by atoms with van der Waals surface area (Å²) in [7, 11) is 0. The van der Waals surface area contributed by atoms with Crippen molar-refractivity contribution in [1.29, 1.82) is 0 Å². The molecule has 0 radical (unpaired) electrons.